The first-order chi connectivity index (χ1) is 11.7. The number of benzene rings is 1. The van der Waals surface area contributed by atoms with Crippen molar-refractivity contribution in [1.82, 2.24) is 10.3 Å². The van der Waals surface area contributed by atoms with E-state index in [1.807, 2.05) is 30.3 Å². The Bertz CT molecular complexity index is 699. The molecule has 1 aromatic carbocycles. The lowest BCUT2D eigenvalue weighted by molar-refractivity contribution is 0.0951. The van der Waals surface area contributed by atoms with Gasteiger partial charge in [0.1, 0.15) is 18.2 Å². The third kappa shape index (κ3) is 5.43. The van der Waals surface area contributed by atoms with Crippen molar-refractivity contribution >= 4 is 11.7 Å². The number of ether oxygens (including phenoxy) is 1. The van der Waals surface area contributed by atoms with Crippen LogP contribution in [0, 0.1) is 0 Å². The van der Waals surface area contributed by atoms with Gasteiger partial charge in [-0.2, -0.15) is 0 Å². The van der Waals surface area contributed by atoms with E-state index in [-0.39, 0.29) is 11.7 Å². The summed E-state index contributed by atoms with van der Waals surface area (Å²) in [5, 5.41) is 2.84. The molecule has 2 rings (SSSR count). The number of anilines is 1. The Kier molecular flexibility index (Phi) is 6.83. The summed E-state index contributed by atoms with van der Waals surface area (Å²) < 4.78 is 5.67. The zero-order valence-electron chi connectivity index (χ0n) is 13.9. The number of carbonyl (C=O) groups is 1. The Morgan fingerprint density at radius 3 is 2.96 bits per heavy atom. The monoisotopic (exact) mass is 325 g/mol. The quantitative estimate of drug-likeness (QED) is 0.730. The van der Waals surface area contributed by atoms with Crippen molar-refractivity contribution in [3.05, 3.63) is 65.9 Å². The molecule has 0 bridgehead atoms. The molecule has 0 radical (unpaired) electrons. The van der Waals surface area contributed by atoms with Crippen molar-refractivity contribution in [2.75, 3.05) is 12.3 Å². The van der Waals surface area contributed by atoms with E-state index in [9.17, 15) is 4.79 Å². The van der Waals surface area contributed by atoms with E-state index in [0.717, 1.165) is 24.2 Å². The summed E-state index contributed by atoms with van der Waals surface area (Å²) in [5.41, 5.74) is 7.05. The van der Waals surface area contributed by atoms with Crippen molar-refractivity contribution in [3.8, 4) is 5.75 Å². The fraction of sp³-hybridized carbons (Fsp3) is 0.263. The molecule has 0 unspecified atom stereocenters. The predicted molar refractivity (Wildman–Crippen MR) is 95.8 cm³/mol. The highest BCUT2D eigenvalue weighted by Gasteiger charge is 2.09. The van der Waals surface area contributed by atoms with Gasteiger partial charge in [0.25, 0.3) is 5.91 Å². The number of carbonyl (C=O) groups excluding carboxylic acids is 1. The zero-order chi connectivity index (χ0) is 17.2. The standard InChI is InChI=1S/C19H23N3O2/c1-2-3-4-5-12-24-16-9-6-8-15(13-16)14-22-19(23)17-10-7-11-21-18(17)20/h4-11,13H,2-3,12,14H2,1H3,(H2,20,21)(H,22,23). The molecule has 3 N–H and O–H groups in total. The van der Waals surface area contributed by atoms with Gasteiger partial charge in [0.2, 0.25) is 0 Å². The molecule has 0 aliphatic heterocycles. The number of aromatic nitrogens is 1. The second-order valence-corrected chi connectivity index (χ2v) is 5.34. The lowest BCUT2D eigenvalue weighted by Gasteiger charge is -2.09. The number of unbranched alkanes of at least 4 members (excludes halogenated alkanes) is 1. The Morgan fingerprint density at radius 2 is 2.17 bits per heavy atom. The van der Waals surface area contributed by atoms with E-state index >= 15 is 0 Å². The Labute approximate surface area is 142 Å². The van der Waals surface area contributed by atoms with Crippen LogP contribution in [0.1, 0.15) is 35.7 Å². The minimum atomic E-state index is -0.241. The number of hydrogen-bond donors (Lipinski definition) is 2. The number of allylic oxidation sites excluding steroid dienone is 1. The smallest absolute Gasteiger partial charge is 0.255 e. The zero-order valence-corrected chi connectivity index (χ0v) is 13.9. The number of nitrogens with one attached hydrogen (secondary N) is 1. The molecule has 0 saturated carbocycles. The molecule has 5 heteroatoms. The first-order valence-corrected chi connectivity index (χ1v) is 8.06. The molecule has 2 aromatic rings. The molecule has 1 amide bonds. The molecule has 0 atom stereocenters. The van der Waals surface area contributed by atoms with Crippen molar-refractivity contribution < 1.29 is 9.53 Å². The molecular weight excluding hydrogens is 302 g/mol. The number of amides is 1. The third-order valence-corrected chi connectivity index (χ3v) is 3.40. The van der Waals surface area contributed by atoms with Gasteiger partial charge in [-0.15, -0.1) is 0 Å². The van der Waals surface area contributed by atoms with Crippen LogP contribution in [0.25, 0.3) is 0 Å². The van der Waals surface area contributed by atoms with E-state index in [4.69, 9.17) is 10.5 Å². The van der Waals surface area contributed by atoms with Crippen LogP contribution >= 0.6 is 0 Å². The minimum Gasteiger partial charge on any atom is -0.490 e. The SMILES string of the molecule is CCCC=CCOc1cccc(CNC(=O)c2cccnc2N)c1. The molecule has 0 saturated heterocycles. The highest BCUT2D eigenvalue weighted by Crippen LogP contribution is 2.14. The van der Waals surface area contributed by atoms with Crippen LogP contribution in [0.2, 0.25) is 0 Å². The van der Waals surface area contributed by atoms with Crippen LogP contribution in [0.15, 0.2) is 54.7 Å². The Hall–Kier alpha value is -2.82. The van der Waals surface area contributed by atoms with Gasteiger partial charge in [-0.05, 0) is 36.2 Å². The topological polar surface area (TPSA) is 77.2 Å². The molecule has 0 aliphatic rings. The van der Waals surface area contributed by atoms with Crippen LogP contribution in [0.5, 0.6) is 5.75 Å². The van der Waals surface area contributed by atoms with Gasteiger partial charge in [0.05, 0.1) is 5.56 Å². The lowest BCUT2D eigenvalue weighted by atomic mass is 10.2. The molecule has 0 spiro atoms. The summed E-state index contributed by atoms with van der Waals surface area (Å²) in [5.74, 6) is 0.768. The van der Waals surface area contributed by atoms with E-state index in [2.05, 4.69) is 23.3 Å². The van der Waals surface area contributed by atoms with E-state index in [1.54, 1.807) is 18.3 Å². The number of nitrogens with two attached hydrogens (primary N) is 1. The first kappa shape index (κ1) is 17.5. The Balaban J connectivity index is 1.88. The third-order valence-electron chi connectivity index (χ3n) is 3.40. The van der Waals surface area contributed by atoms with Gasteiger partial charge in [0.15, 0.2) is 0 Å². The average Bonchev–Trinajstić information content (AvgIpc) is 2.60. The van der Waals surface area contributed by atoms with Crippen LogP contribution in [0.3, 0.4) is 0 Å². The molecular formula is C19H23N3O2. The average molecular weight is 325 g/mol. The number of nitrogen functional groups attached to an aromatic ring is 1. The molecule has 5 nitrogen and oxygen atoms in total. The van der Waals surface area contributed by atoms with Crippen molar-refractivity contribution in [1.29, 1.82) is 0 Å². The maximum atomic E-state index is 12.1. The van der Waals surface area contributed by atoms with Crippen molar-refractivity contribution in [2.24, 2.45) is 0 Å². The summed E-state index contributed by atoms with van der Waals surface area (Å²) in [6.07, 6.45) is 7.88. The molecule has 0 fully saturated rings. The number of pyridine rings is 1. The van der Waals surface area contributed by atoms with E-state index < -0.39 is 0 Å². The summed E-state index contributed by atoms with van der Waals surface area (Å²) >= 11 is 0. The summed E-state index contributed by atoms with van der Waals surface area (Å²) in [7, 11) is 0. The predicted octanol–water partition coefficient (Wildman–Crippen LogP) is 3.33. The van der Waals surface area contributed by atoms with Gasteiger partial charge in [-0.3, -0.25) is 4.79 Å². The van der Waals surface area contributed by atoms with Gasteiger partial charge < -0.3 is 15.8 Å². The van der Waals surface area contributed by atoms with E-state index in [1.165, 1.54) is 0 Å². The second kappa shape index (κ2) is 9.35. The Morgan fingerprint density at radius 1 is 1.29 bits per heavy atom. The normalized spacial score (nSPS) is 10.7. The van der Waals surface area contributed by atoms with Gasteiger partial charge in [-0.25, -0.2) is 4.98 Å². The van der Waals surface area contributed by atoms with Gasteiger partial charge >= 0.3 is 0 Å². The van der Waals surface area contributed by atoms with Crippen LogP contribution < -0.4 is 15.8 Å². The van der Waals surface area contributed by atoms with Crippen LogP contribution in [-0.2, 0) is 6.54 Å². The largest absolute Gasteiger partial charge is 0.490 e. The van der Waals surface area contributed by atoms with E-state index in [0.29, 0.717) is 18.7 Å². The van der Waals surface area contributed by atoms with Crippen molar-refractivity contribution in [2.45, 2.75) is 26.3 Å². The minimum absolute atomic E-state index is 0.228. The molecule has 1 heterocycles. The first-order valence-electron chi connectivity index (χ1n) is 8.06. The maximum absolute atomic E-state index is 12.1. The highest BCUT2D eigenvalue weighted by molar-refractivity contribution is 5.98. The van der Waals surface area contributed by atoms with Crippen LogP contribution in [-0.4, -0.2) is 17.5 Å². The number of hydrogen-bond acceptors (Lipinski definition) is 4. The van der Waals surface area contributed by atoms with Gasteiger partial charge in [-0.1, -0.05) is 37.6 Å². The molecule has 126 valence electrons. The van der Waals surface area contributed by atoms with Crippen molar-refractivity contribution in [3.63, 3.8) is 0 Å². The second-order valence-electron chi connectivity index (χ2n) is 5.34. The number of nitrogens with zero attached hydrogens (tertiary/aromatic N) is 1. The lowest BCUT2D eigenvalue weighted by Crippen LogP contribution is -2.24. The summed E-state index contributed by atoms with van der Waals surface area (Å²) in [4.78, 5) is 16.0. The fourth-order valence-electron chi connectivity index (χ4n) is 2.13. The molecule has 24 heavy (non-hydrogen) atoms. The molecule has 0 aliphatic carbocycles. The van der Waals surface area contributed by atoms with Crippen LogP contribution in [0.4, 0.5) is 5.82 Å². The fourth-order valence-corrected chi connectivity index (χ4v) is 2.13. The highest BCUT2D eigenvalue weighted by atomic mass is 16.5. The molecule has 1 aromatic heterocycles. The maximum Gasteiger partial charge on any atom is 0.255 e. The summed E-state index contributed by atoms with van der Waals surface area (Å²) in [6.45, 7) is 3.08. The number of rotatable bonds is 8. The van der Waals surface area contributed by atoms with Gasteiger partial charge in [0, 0.05) is 12.7 Å². The summed E-state index contributed by atoms with van der Waals surface area (Å²) in [6, 6.07) is 11.0.